The van der Waals surface area contributed by atoms with Gasteiger partial charge in [-0.05, 0) is 42.3 Å². The molecule has 0 atom stereocenters. The van der Waals surface area contributed by atoms with Crippen molar-refractivity contribution in [3.8, 4) is 0 Å². The van der Waals surface area contributed by atoms with Gasteiger partial charge in [-0.3, -0.25) is 9.52 Å². The van der Waals surface area contributed by atoms with Crippen LogP contribution in [0.3, 0.4) is 0 Å². The maximum absolute atomic E-state index is 12.3. The molecular formula is C17H17F3N2O3S. The number of hydrogen-bond donors (Lipinski definition) is 2. The topological polar surface area (TPSA) is 75.3 Å². The molecule has 5 nitrogen and oxygen atoms in total. The lowest BCUT2D eigenvalue weighted by Gasteiger charge is -2.10. The van der Waals surface area contributed by atoms with Crippen molar-refractivity contribution < 1.29 is 26.4 Å². The van der Waals surface area contributed by atoms with Crippen LogP contribution in [0.1, 0.15) is 11.1 Å². The van der Waals surface area contributed by atoms with Gasteiger partial charge in [0.25, 0.3) is 10.0 Å². The van der Waals surface area contributed by atoms with E-state index in [9.17, 15) is 26.4 Å². The lowest BCUT2D eigenvalue weighted by Crippen LogP contribution is -2.34. The number of sulfonamides is 1. The van der Waals surface area contributed by atoms with E-state index in [0.717, 1.165) is 5.56 Å². The molecule has 0 aliphatic rings. The van der Waals surface area contributed by atoms with Gasteiger partial charge in [0.15, 0.2) is 0 Å². The number of benzene rings is 2. The summed E-state index contributed by atoms with van der Waals surface area (Å²) >= 11 is 0. The summed E-state index contributed by atoms with van der Waals surface area (Å²) in [6.07, 6.45) is -4.70. The van der Waals surface area contributed by atoms with Crippen LogP contribution in [0, 0.1) is 6.92 Å². The second-order valence-electron chi connectivity index (χ2n) is 5.69. The fraction of sp³-hybridized carbons (Fsp3) is 0.235. The average molecular weight is 386 g/mol. The van der Waals surface area contributed by atoms with Gasteiger partial charge in [0.05, 0.1) is 11.3 Å². The maximum Gasteiger partial charge on any atom is 0.405 e. The highest BCUT2D eigenvalue weighted by atomic mass is 32.2. The number of hydrogen-bond acceptors (Lipinski definition) is 3. The molecule has 2 aromatic rings. The first-order chi connectivity index (χ1) is 12.0. The zero-order chi connectivity index (χ0) is 19.4. The van der Waals surface area contributed by atoms with Crippen LogP contribution in [0.2, 0.25) is 0 Å². The Morgan fingerprint density at radius 2 is 1.73 bits per heavy atom. The molecule has 0 saturated heterocycles. The summed E-state index contributed by atoms with van der Waals surface area (Å²) in [4.78, 5) is 11.6. The van der Waals surface area contributed by atoms with E-state index in [-0.39, 0.29) is 17.0 Å². The van der Waals surface area contributed by atoms with Crippen molar-refractivity contribution in [2.24, 2.45) is 0 Å². The Morgan fingerprint density at radius 1 is 1.08 bits per heavy atom. The molecule has 0 aliphatic heterocycles. The van der Waals surface area contributed by atoms with Crippen LogP contribution in [-0.2, 0) is 21.2 Å². The van der Waals surface area contributed by atoms with E-state index in [1.807, 2.05) is 0 Å². The van der Waals surface area contributed by atoms with Crippen LogP contribution in [0.25, 0.3) is 0 Å². The quantitative estimate of drug-likeness (QED) is 0.801. The van der Waals surface area contributed by atoms with Crippen LogP contribution in [0.15, 0.2) is 53.4 Å². The molecule has 140 valence electrons. The fourth-order valence-electron chi connectivity index (χ4n) is 2.13. The van der Waals surface area contributed by atoms with Crippen molar-refractivity contribution >= 4 is 21.6 Å². The predicted octanol–water partition coefficient (Wildman–Crippen LogP) is 3.02. The normalized spacial score (nSPS) is 11.8. The highest BCUT2D eigenvalue weighted by Crippen LogP contribution is 2.18. The molecule has 0 aliphatic carbocycles. The summed E-state index contributed by atoms with van der Waals surface area (Å²) in [6, 6.07) is 12.2. The molecule has 0 unspecified atom stereocenters. The van der Waals surface area contributed by atoms with Crippen LogP contribution in [0.4, 0.5) is 18.9 Å². The molecule has 0 saturated carbocycles. The summed E-state index contributed by atoms with van der Waals surface area (Å²) in [7, 11) is -3.75. The van der Waals surface area contributed by atoms with Gasteiger partial charge >= 0.3 is 6.18 Å². The Hall–Kier alpha value is -2.55. The van der Waals surface area contributed by atoms with Gasteiger partial charge in [-0.2, -0.15) is 13.2 Å². The van der Waals surface area contributed by atoms with Crippen molar-refractivity contribution in [3.05, 3.63) is 59.7 Å². The Bertz CT molecular complexity index is 879. The molecule has 0 bridgehead atoms. The number of halogens is 3. The molecule has 0 spiro atoms. The van der Waals surface area contributed by atoms with Gasteiger partial charge in [0.2, 0.25) is 5.91 Å². The number of carbonyl (C=O) groups is 1. The van der Waals surface area contributed by atoms with Crippen molar-refractivity contribution in [2.45, 2.75) is 24.4 Å². The van der Waals surface area contributed by atoms with Crippen LogP contribution >= 0.6 is 0 Å². The first-order valence-electron chi connectivity index (χ1n) is 7.57. The summed E-state index contributed by atoms with van der Waals surface area (Å²) in [6.45, 7) is 0.387. The smallest absolute Gasteiger partial charge is 0.347 e. The number of nitrogens with one attached hydrogen (secondary N) is 2. The first kappa shape index (κ1) is 19.8. The minimum absolute atomic E-state index is 0.119. The van der Waals surface area contributed by atoms with Crippen LogP contribution in [0.5, 0.6) is 0 Å². The molecule has 2 aromatic carbocycles. The van der Waals surface area contributed by atoms with Gasteiger partial charge in [0.1, 0.15) is 6.54 Å². The number of rotatable bonds is 6. The average Bonchev–Trinajstić information content (AvgIpc) is 2.54. The minimum atomic E-state index is -4.46. The molecule has 1 amide bonds. The van der Waals surface area contributed by atoms with Gasteiger partial charge in [-0.15, -0.1) is 0 Å². The standard InChI is InChI=1S/C17H17F3N2O3S/c1-12-3-2-4-15(9-12)26(24,25)22-14-7-5-13(6-8-14)10-16(23)21-11-17(18,19)20/h2-9,22H,10-11H2,1H3,(H,21,23). The third-order valence-electron chi connectivity index (χ3n) is 3.36. The van der Waals surface area contributed by atoms with E-state index in [1.165, 1.54) is 36.4 Å². The summed E-state index contributed by atoms with van der Waals surface area (Å²) in [5.74, 6) is -0.768. The van der Waals surface area contributed by atoms with E-state index >= 15 is 0 Å². The van der Waals surface area contributed by atoms with Gasteiger partial charge < -0.3 is 5.32 Å². The van der Waals surface area contributed by atoms with Crippen molar-refractivity contribution in [3.63, 3.8) is 0 Å². The fourth-order valence-corrected chi connectivity index (χ4v) is 3.30. The molecule has 0 radical (unpaired) electrons. The lowest BCUT2D eigenvalue weighted by atomic mass is 10.1. The van der Waals surface area contributed by atoms with Crippen LogP contribution < -0.4 is 10.0 Å². The van der Waals surface area contributed by atoms with E-state index in [0.29, 0.717) is 5.56 Å². The van der Waals surface area contributed by atoms with Crippen molar-refractivity contribution in [1.82, 2.24) is 5.32 Å². The third-order valence-corrected chi connectivity index (χ3v) is 4.74. The SMILES string of the molecule is Cc1cccc(S(=O)(=O)Nc2ccc(CC(=O)NCC(F)(F)F)cc2)c1. The zero-order valence-corrected chi connectivity index (χ0v) is 14.6. The molecule has 26 heavy (non-hydrogen) atoms. The number of aryl methyl sites for hydroxylation is 1. The third kappa shape index (κ3) is 6.07. The van der Waals surface area contributed by atoms with E-state index in [2.05, 4.69) is 4.72 Å². The second-order valence-corrected chi connectivity index (χ2v) is 7.37. The molecule has 2 rings (SSSR count). The van der Waals surface area contributed by atoms with E-state index in [1.54, 1.807) is 24.4 Å². The highest BCUT2D eigenvalue weighted by Gasteiger charge is 2.27. The molecular weight excluding hydrogens is 369 g/mol. The van der Waals surface area contributed by atoms with Crippen molar-refractivity contribution in [1.29, 1.82) is 0 Å². The number of anilines is 1. The van der Waals surface area contributed by atoms with Gasteiger partial charge in [-0.25, -0.2) is 8.42 Å². The van der Waals surface area contributed by atoms with Crippen LogP contribution in [-0.4, -0.2) is 27.0 Å². The number of alkyl halides is 3. The Balaban J connectivity index is 2.00. The predicted molar refractivity (Wildman–Crippen MR) is 91.2 cm³/mol. The summed E-state index contributed by atoms with van der Waals surface area (Å²) in [5, 5.41) is 1.78. The van der Waals surface area contributed by atoms with Gasteiger partial charge in [0, 0.05) is 5.69 Å². The highest BCUT2D eigenvalue weighted by molar-refractivity contribution is 7.92. The first-order valence-corrected chi connectivity index (χ1v) is 9.05. The molecule has 0 aromatic heterocycles. The van der Waals surface area contributed by atoms with Crippen molar-refractivity contribution in [2.75, 3.05) is 11.3 Å². The number of amides is 1. The zero-order valence-electron chi connectivity index (χ0n) is 13.8. The molecule has 9 heteroatoms. The molecule has 2 N–H and O–H groups in total. The number of carbonyl (C=O) groups excluding carboxylic acids is 1. The second kappa shape index (κ2) is 7.77. The largest absolute Gasteiger partial charge is 0.405 e. The molecule has 0 fully saturated rings. The summed E-state index contributed by atoms with van der Waals surface area (Å²) in [5.41, 5.74) is 1.54. The Labute approximate surface area is 149 Å². The van der Waals surface area contributed by atoms with E-state index < -0.39 is 28.7 Å². The Morgan fingerprint density at radius 3 is 2.31 bits per heavy atom. The minimum Gasteiger partial charge on any atom is -0.347 e. The lowest BCUT2D eigenvalue weighted by molar-refractivity contribution is -0.138. The summed E-state index contributed by atoms with van der Waals surface area (Å²) < 4.78 is 63.2. The monoisotopic (exact) mass is 386 g/mol. The maximum atomic E-state index is 12.3. The van der Waals surface area contributed by atoms with Gasteiger partial charge in [-0.1, -0.05) is 24.3 Å². The molecule has 0 heterocycles. The Kier molecular flexibility index (Phi) is 5.91. The van der Waals surface area contributed by atoms with E-state index in [4.69, 9.17) is 0 Å².